The summed E-state index contributed by atoms with van der Waals surface area (Å²) in [6.45, 7) is 4.12. The first-order chi connectivity index (χ1) is 29.8. The molecule has 17 heteroatoms. The third kappa shape index (κ3) is 8.73. The number of imidazole rings is 2. The van der Waals surface area contributed by atoms with E-state index < -0.39 is 0 Å². The molecule has 2 fully saturated rings. The molecule has 0 aromatic carbocycles. The van der Waals surface area contributed by atoms with Gasteiger partial charge in [0.2, 0.25) is 23.0 Å². The summed E-state index contributed by atoms with van der Waals surface area (Å²) in [5, 5.41) is 0.240. The predicted molar refractivity (Wildman–Crippen MR) is 242 cm³/mol. The van der Waals surface area contributed by atoms with Gasteiger partial charge in [-0.25, -0.2) is 19.9 Å². The molecule has 0 spiro atoms. The molecule has 2 aliphatic carbocycles. The first-order valence-electron chi connectivity index (χ1n) is 21.1. The molecule has 0 bridgehead atoms. The molecule has 2 aliphatic heterocycles. The molecule has 6 aromatic heterocycles. The fourth-order valence-corrected chi connectivity index (χ4v) is 9.08. The van der Waals surface area contributed by atoms with Crippen LogP contribution in [0.4, 0.5) is 23.0 Å². The summed E-state index contributed by atoms with van der Waals surface area (Å²) in [5.74, 6) is 4.04. The highest BCUT2D eigenvalue weighted by atomic mass is 35.5. The molecule has 324 valence electrons. The second-order valence-corrected chi connectivity index (χ2v) is 15.9. The van der Waals surface area contributed by atoms with E-state index >= 15 is 0 Å². The summed E-state index contributed by atoms with van der Waals surface area (Å²) >= 11 is 5.97. The number of hydrogen-bond acceptors (Lipinski definition) is 12. The van der Waals surface area contributed by atoms with Crippen LogP contribution in [0.3, 0.4) is 0 Å². The molecule has 1 N–H and O–H groups in total. The number of pyridine rings is 2. The zero-order valence-electron chi connectivity index (χ0n) is 35.0. The van der Waals surface area contributed by atoms with Crippen molar-refractivity contribution >= 4 is 46.4 Å². The van der Waals surface area contributed by atoms with E-state index in [-0.39, 0.29) is 36.6 Å². The van der Waals surface area contributed by atoms with Gasteiger partial charge >= 0.3 is 0 Å². The Hall–Kier alpha value is -6.29. The van der Waals surface area contributed by atoms with Crippen molar-refractivity contribution in [1.29, 1.82) is 0 Å². The van der Waals surface area contributed by atoms with Gasteiger partial charge in [0.15, 0.2) is 11.6 Å². The molecule has 2 atom stereocenters. The van der Waals surface area contributed by atoms with Gasteiger partial charge in [-0.2, -0.15) is 9.97 Å². The minimum absolute atomic E-state index is 0. The van der Waals surface area contributed by atoms with Gasteiger partial charge in [0.05, 0.1) is 12.4 Å². The minimum atomic E-state index is -0.186. The molecule has 0 unspecified atom stereocenters. The number of carbonyl (C=O) groups excluding carboxylic acids is 2. The summed E-state index contributed by atoms with van der Waals surface area (Å²) < 4.78 is 1.88. The number of nitrogens with one attached hydrogen (secondary N) is 1. The maximum Gasteiger partial charge on any atom is 0.249 e. The Morgan fingerprint density at radius 3 is 1.74 bits per heavy atom. The molecule has 0 radical (unpaired) electrons. The molecule has 2 saturated carbocycles. The molecule has 4 aliphatic rings. The lowest BCUT2D eigenvalue weighted by atomic mass is 10.0. The molecule has 6 aromatic rings. The van der Waals surface area contributed by atoms with Crippen LogP contribution in [0.25, 0.3) is 28.7 Å². The van der Waals surface area contributed by atoms with Crippen molar-refractivity contribution in [2.45, 2.75) is 110 Å². The first kappa shape index (κ1) is 43.8. The third-order valence-corrected chi connectivity index (χ3v) is 12.2. The van der Waals surface area contributed by atoms with Gasteiger partial charge in [0.1, 0.15) is 35.1 Å². The second-order valence-electron chi connectivity index (χ2n) is 15.6. The van der Waals surface area contributed by atoms with Gasteiger partial charge in [0.25, 0.3) is 0 Å². The Bertz CT molecular complexity index is 2400. The van der Waals surface area contributed by atoms with Gasteiger partial charge in [-0.15, -0.1) is 0 Å². The lowest BCUT2D eigenvalue weighted by molar-refractivity contribution is -0.120. The van der Waals surface area contributed by atoms with Gasteiger partial charge in [-0.05, 0) is 74.4 Å². The van der Waals surface area contributed by atoms with Crippen molar-refractivity contribution in [1.82, 2.24) is 49.4 Å². The van der Waals surface area contributed by atoms with E-state index in [1.165, 1.54) is 25.7 Å². The first-order valence-corrected chi connectivity index (χ1v) is 21.5. The maximum atomic E-state index is 13.0. The van der Waals surface area contributed by atoms with E-state index in [4.69, 9.17) is 16.6 Å². The van der Waals surface area contributed by atoms with E-state index in [9.17, 15) is 9.59 Å². The molecular formula is C45H55ClN14O2. The molecule has 16 nitrogen and oxygen atoms in total. The smallest absolute Gasteiger partial charge is 0.249 e. The minimum Gasteiger partial charge on any atom is -0.345 e. The van der Waals surface area contributed by atoms with Crippen molar-refractivity contribution in [3.8, 4) is 28.7 Å². The average molecular weight is 859 g/mol. The monoisotopic (exact) mass is 858 g/mol. The van der Waals surface area contributed by atoms with Crippen LogP contribution in [0.2, 0.25) is 5.28 Å². The quantitative estimate of drug-likeness (QED) is 0.154. The van der Waals surface area contributed by atoms with Crippen molar-refractivity contribution in [3.63, 3.8) is 0 Å². The average Bonchev–Trinajstić information content (AvgIpc) is 4.16. The SMILES string of the molecule is C.CC[C@@H]1C(=O)N(C)c2cnc(-n3ccnc3-c3cccnc3)nc2N1C1CCCC1.CC[C@@H]1C(=O)N(C)c2cnc(Cl)nc2N1C1CCCC1.c1cncc(-c2ncc[nH]2)c1. The van der Waals surface area contributed by atoms with Crippen LogP contribution in [0.1, 0.15) is 85.5 Å². The number of anilines is 4. The van der Waals surface area contributed by atoms with Gasteiger partial charge < -0.3 is 24.6 Å². The molecule has 8 heterocycles. The van der Waals surface area contributed by atoms with Crippen molar-refractivity contribution in [3.05, 3.63) is 91.5 Å². The summed E-state index contributed by atoms with van der Waals surface area (Å²) in [6.07, 6.45) is 28.4. The van der Waals surface area contributed by atoms with Gasteiger partial charge in [-0.3, -0.25) is 24.1 Å². The number of likely N-dealkylation sites (N-methyl/N-ethyl adjacent to an activating group) is 2. The molecule has 10 rings (SSSR count). The topological polar surface area (TPSA) is 171 Å². The number of halogens is 1. The van der Waals surface area contributed by atoms with E-state index in [0.29, 0.717) is 18.0 Å². The van der Waals surface area contributed by atoms with Crippen LogP contribution in [-0.2, 0) is 9.59 Å². The van der Waals surface area contributed by atoms with E-state index in [0.717, 1.165) is 84.3 Å². The Morgan fingerprint density at radius 1 is 0.677 bits per heavy atom. The largest absolute Gasteiger partial charge is 0.345 e. The van der Waals surface area contributed by atoms with Crippen molar-refractivity contribution in [2.24, 2.45) is 0 Å². The normalized spacial score (nSPS) is 18.7. The maximum absolute atomic E-state index is 13.0. The van der Waals surface area contributed by atoms with E-state index in [1.807, 2.05) is 49.0 Å². The van der Waals surface area contributed by atoms with Crippen molar-refractivity contribution < 1.29 is 9.59 Å². The summed E-state index contributed by atoms with van der Waals surface area (Å²) in [5.41, 5.74) is 3.44. The number of carbonyl (C=O) groups is 2. The molecule has 0 saturated heterocycles. The number of hydrogen-bond donors (Lipinski definition) is 1. The Kier molecular flexibility index (Phi) is 13.9. The predicted octanol–water partition coefficient (Wildman–Crippen LogP) is 7.97. The van der Waals surface area contributed by atoms with Crippen LogP contribution >= 0.6 is 11.6 Å². The standard InChI is InChI=1S/C22H25N7O.C14H19ClN4O.C8H7N3.CH4/c1-3-17-21(30)27(2)18-14-25-22(26-20(18)29(17)16-8-4-5-9-16)28-12-11-24-19(28)15-7-6-10-23-13-15;1-3-10-13(20)18(2)11-8-16-14(15)17-12(11)19(10)9-6-4-5-7-9;1-2-7(6-9-3-1)8-10-4-5-11-8;/h6-7,10-14,16-17H,3-5,8-9H2,1-2H3;8-10H,3-7H2,1-2H3;1-6H,(H,10,11);1H4/t17-;10-;;/m11../s1. The zero-order valence-corrected chi connectivity index (χ0v) is 35.7. The Morgan fingerprint density at radius 2 is 1.23 bits per heavy atom. The van der Waals surface area contributed by atoms with Gasteiger partial charge in [-0.1, -0.05) is 47.0 Å². The van der Waals surface area contributed by atoms with Crippen LogP contribution in [-0.4, -0.2) is 99.5 Å². The Balaban J connectivity index is 0.000000155. The highest BCUT2D eigenvalue weighted by Gasteiger charge is 2.42. The van der Waals surface area contributed by atoms with Crippen LogP contribution in [0, 0.1) is 0 Å². The lowest BCUT2D eigenvalue weighted by Crippen LogP contribution is -2.55. The second kappa shape index (κ2) is 19.6. The summed E-state index contributed by atoms with van der Waals surface area (Å²) in [7, 11) is 3.60. The number of fused-ring (bicyclic) bond motifs is 2. The number of nitrogens with zero attached hydrogens (tertiary/aromatic N) is 13. The van der Waals surface area contributed by atoms with Crippen molar-refractivity contribution in [2.75, 3.05) is 33.7 Å². The summed E-state index contributed by atoms with van der Waals surface area (Å²) in [4.78, 5) is 71.2. The number of aromatic nitrogens is 10. The molecule has 2 amide bonds. The number of amides is 2. The van der Waals surface area contributed by atoms with Crippen LogP contribution in [0.5, 0.6) is 0 Å². The van der Waals surface area contributed by atoms with Crippen LogP contribution in [0.15, 0.2) is 86.2 Å². The zero-order chi connectivity index (χ0) is 42.5. The fraction of sp³-hybridized carbons (Fsp3) is 0.422. The van der Waals surface area contributed by atoms with E-state index in [1.54, 1.807) is 72.6 Å². The molecule has 62 heavy (non-hydrogen) atoms. The number of H-pyrrole nitrogens is 1. The van der Waals surface area contributed by atoms with E-state index in [2.05, 4.69) is 56.6 Å². The fourth-order valence-electron chi connectivity index (χ4n) is 8.95. The highest BCUT2D eigenvalue weighted by molar-refractivity contribution is 6.28. The highest BCUT2D eigenvalue weighted by Crippen LogP contribution is 2.41. The number of aromatic amines is 1. The van der Waals surface area contributed by atoms with Gasteiger partial charge in [0, 0.05) is 86.9 Å². The Labute approximate surface area is 367 Å². The molecular weight excluding hydrogens is 804 g/mol. The summed E-state index contributed by atoms with van der Waals surface area (Å²) in [6, 6.07) is 8.11. The lowest BCUT2D eigenvalue weighted by Gasteiger charge is -2.43. The van der Waals surface area contributed by atoms with Crippen LogP contribution < -0.4 is 19.6 Å². The third-order valence-electron chi connectivity index (χ3n) is 12.0. The number of rotatable bonds is 7.